The van der Waals surface area contributed by atoms with E-state index in [-0.39, 0.29) is 11.1 Å². The summed E-state index contributed by atoms with van der Waals surface area (Å²) in [5.41, 5.74) is 1.10. The first kappa shape index (κ1) is 26.6. The second-order valence-corrected chi connectivity index (χ2v) is 9.60. The number of aromatic nitrogens is 1. The molecule has 1 aromatic heterocycles. The molecule has 5 rings (SSSR count). The van der Waals surface area contributed by atoms with E-state index in [1.54, 1.807) is 30.3 Å². The highest BCUT2D eigenvalue weighted by Crippen LogP contribution is 2.36. The highest BCUT2D eigenvalue weighted by atomic mass is 19.4. The maximum Gasteiger partial charge on any atom is 0.416 e. The van der Waals surface area contributed by atoms with Crippen LogP contribution in [0.15, 0.2) is 48.5 Å². The number of carbonyl (C=O) groups is 1. The van der Waals surface area contributed by atoms with Gasteiger partial charge in [-0.05, 0) is 44.1 Å². The minimum absolute atomic E-state index is 0.250. The minimum Gasteiger partial charge on any atom is -0.379 e. The molecule has 2 fully saturated rings. The number of hydrogen-bond donors (Lipinski definition) is 0. The third kappa shape index (κ3) is 5.68. The van der Waals surface area contributed by atoms with E-state index >= 15 is 0 Å². The van der Waals surface area contributed by atoms with Crippen molar-refractivity contribution >= 4 is 16.9 Å². The SMILES string of the molecule is COOC(=O)c1c(CN2CCC(N3CCOCC3)CC2)c(-c2cccc(C(F)(F)F)c2)nc2ccccc12. The second-order valence-electron chi connectivity index (χ2n) is 9.60. The number of pyridine rings is 1. The fourth-order valence-corrected chi connectivity index (χ4v) is 5.45. The van der Waals surface area contributed by atoms with E-state index in [2.05, 4.69) is 9.80 Å². The summed E-state index contributed by atoms with van der Waals surface area (Å²) in [6, 6.07) is 12.6. The van der Waals surface area contributed by atoms with Gasteiger partial charge in [-0.25, -0.2) is 9.78 Å². The van der Waals surface area contributed by atoms with Gasteiger partial charge in [0.1, 0.15) is 0 Å². The molecule has 38 heavy (non-hydrogen) atoms. The molecular weight excluding hydrogens is 499 g/mol. The molecule has 2 aromatic carbocycles. The van der Waals surface area contributed by atoms with Crippen molar-refractivity contribution in [1.29, 1.82) is 0 Å². The van der Waals surface area contributed by atoms with Crippen molar-refractivity contribution in [3.05, 3.63) is 65.2 Å². The highest BCUT2D eigenvalue weighted by molar-refractivity contribution is 6.06. The van der Waals surface area contributed by atoms with Crippen molar-refractivity contribution < 1.29 is 32.5 Å². The summed E-state index contributed by atoms with van der Waals surface area (Å²) >= 11 is 0. The quantitative estimate of drug-likeness (QED) is 0.331. The standard InChI is InChI=1S/C28H30F3N3O4/c1-36-38-27(35)25-22-7-2-3-8-24(22)32-26(19-5-4-6-20(17-19)28(29,30)31)23(25)18-33-11-9-21(10-12-33)34-13-15-37-16-14-34/h2-8,17,21H,9-16,18H2,1H3. The largest absolute Gasteiger partial charge is 0.416 e. The molecule has 0 radical (unpaired) electrons. The van der Waals surface area contributed by atoms with Gasteiger partial charge in [-0.15, -0.1) is 0 Å². The number of morpholine rings is 1. The molecule has 2 saturated heterocycles. The average Bonchev–Trinajstić information content (AvgIpc) is 2.93. The van der Waals surface area contributed by atoms with Gasteiger partial charge in [0.25, 0.3) is 0 Å². The van der Waals surface area contributed by atoms with Crippen LogP contribution in [0.5, 0.6) is 0 Å². The lowest BCUT2D eigenvalue weighted by atomic mass is 9.94. The molecule has 0 unspecified atom stereocenters. The van der Waals surface area contributed by atoms with Crippen LogP contribution in [0.2, 0.25) is 0 Å². The molecule has 0 spiro atoms. The average molecular weight is 530 g/mol. The van der Waals surface area contributed by atoms with E-state index in [0.717, 1.165) is 64.4 Å². The lowest BCUT2D eigenvalue weighted by Gasteiger charge is -2.40. The van der Waals surface area contributed by atoms with Gasteiger partial charge >= 0.3 is 12.1 Å². The van der Waals surface area contributed by atoms with E-state index < -0.39 is 17.7 Å². The Balaban J connectivity index is 1.55. The summed E-state index contributed by atoms with van der Waals surface area (Å²) in [6.45, 7) is 5.25. The molecule has 3 aromatic rings. The van der Waals surface area contributed by atoms with Crippen molar-refractivity contribution in [2.24, 2.45) is 0 Å². The van der Waals surface area contributed by atoms with Gasteiger partial charge in [-0.3, -0.25) is 14.7 Å². The molecule has 2 aliphatic rings. The van der Waals surface area contributed by atoms with Crippen LogP contribution in [0.25, 0.3) is 22.2 Å². The highest BCUT2D eigenvalue weighted by Gasteiger charge is 2.32. The van der Waals surface area contributed by atoms with E-state index in [0.29, 0.717) is 34.7 Å². The minimum atomic E-state index is -4.51. The normalized spacial score (nSPS) is 18.1. The van der Waals surface area contributed by atoms with Crippen LogP contribution < -0.4 is 0 Å². The number of para-hydroxylation sites is 1. The summed E-state index contributed by atoms with van der Waals surface area (Å²) in [6.07, 6.45) is -2.60. The van der Waals surface area contributed by atoms with E-state index in [1.165, 1.54) is 13.2 Å². The Morgan fingerprint density at radius 1 is 1.05 bits per heavy atom. The number of alkyl halides is 3. The van der Waals surface area contributed by atoms with Crippen molar-refractivity contribution in [2.45, 2.75) is 31.6 Å². The Kier molecular flexibility index (Phi) is 7.94. The van der Waals surface area contributed by atoms with E-state index in [4.69, 9.17) is 19.5 Å². The Morgan fingerprint density at radius 3 is 2.50 bits per heavy atom. The Bertz CT molecular complexity index is 1290. The maximum absolute atomic E-state index is 13.6. The summed E-state index contributed by atoms with van der Waals surface area (Å²) in [4.78, 5) is 32.3. The number of benzene rings is 2. The molecule has 0 N–H and O–H groups in total. The molecule has 10 heteroatoms. The van der Waals surface area contributed by atoms with Gasteiger partial charge in [-0.1, -0.05) is 30.3 Å². The van der Waals surface area contributed by atoms with Crippen molar-refractivity contribution in [3.8, 4) is 11.3 Å². The smallest absolute Gasteiger partial charge is 0.379 e. The topological polar surface area (TPSA) is 64.1 Å². The zero-order valence-electron chi connectivity index (χ0n) is 21.2. The lowest BCUT2D eigenvalue weighted by Crippen LogP contribution is -2.48. The number of hydrogen-bond acceptors (Lipinski definition) is 7. The van der Waals surface area contributed by atoms with Gasteiger partial charge in [0, 0.05) is 42.2 Å². The van der Waals surface area contributed by atoms with Crippen LogP contribution in [-0.4, -0.2) is 73.3 Å². The van der Waals surface area contributed by atoms with Gasteiger partial charge in [0.2, 0.25) is 0 Å². The molecule has 0 amide bonds. The summed E-state index contributed by atoms with van der Waals surface area (Å²) in [7, 11) is 1.24. The van der Waals surface area contributed by atoms with Gasteiger partial charge in [0.15, 0.2) is 0 Å². The van der Waals surface area contributed by atoms with Crippen LogP contribution in [0.3, 0.4) is 0 Å². The molecule has 3 heterocycles. The number of carbonyl (C=O) groups excluding carboxylic acids is 1. The Labute approximate surface area is 219 Å². The van der Waals surface area contributed by atoms with Crippen LogP contribution in [-0.2, 0) is 27.2 Å². The van der Waals surface area contributed by atoms with Crippen molar-refractivity contribution in [2.75, 3.05) is 46.5 Å². The molecule has 0 bridgehead atoms. The molecule has 0 aliphatic carbocycles. The first-order chi connectivity index (χ1) is 18.3. The monoisotopic (exact) mass is 529 g/mol. The van der Waals surface area contributed by atoms with Crippen LogP contribution >= 0.6 is 0 Å². The lowest BCUT2D eigenvalue weighted by molar-refractivity contribution is -0.216. The molecule has 2 aliphatic heterocycles. The van der Waals surface area contributed by atoms with E-state index in [9.17, 15) is 18.0 Å². The van der Waals surface area contributed by atoms with Crippen molar-refractivity contribution in [3.63, 3.8) is 0 Å². The van der Waals surface area contributed by atoms with Crippen LogP contribution in [0.4, 0.5) is 13.2 Å². The zero-order valence-corrected chi connectivity index (χ0v) is 21.2. The number of fused-ring (bicyclic) bond motifs is 1. The Hall–Kier alpha value is -3.05. The number of nitrogens with zero attached hydrogens (tertiary/aromatic N) is 3. The fraction of sp³-hybridized carbons (Fsp3) is 0.429. The number of ether oxygens (including phenoxy) is 1. The first-order valence-electron chi connectivity index (χ1n) is 12.7. The third-order valence-electron chi connectivity index (χ3n) is 7.32. The Morgan fingerprint density at radius 2 is 1.79 bits per heavy atom. The number of likely N-dealkylation sites (tertiary alicyclic amines) is 1. The molecular formula is C28H30F3N3O4. The van der Waals surface area contributed by atoms with Crippen LogP contribution in [0, 0.1) is 0 Å². The van der Waals surface area contributed by atoms with Gasteiger partial charge < -0.3 is 4.74 Å². The molecule has 0 atom stereocenters. The fourth-order valence-electron chi connectivity index (χ4n) is 5.45. The predicted molar refractivity (Wildman–Crippen MR) is 135 cm³/mol. The number of piperidine rings is 1. The molecule has 0 saturated carbocycles. The second kappa shape index (κ2) is 11.4. The molecule has 7 nitrogen and oxygen atoms in total. The summed E-state index contributed by atoms with van der Waals surface area (Å²) in [5.74, 6) is -0.711. The first-order valence-corrected chi connectivity index (χ1v) is 12.7. The summed E-state index contributed by atoms with van der Waals surface area (Å²) < 4.78 is 46.2. The number of halogens is 3. The van der Waals surface area contributed by atoms with Gasteiger partial charge in [-0.2, -0.15) is 18.1 Å². The number of rotatable bonds is 6. The predicted octanol–water partition coefficient (Wildman–Crippen LogP) is 4.94. The summed E-state index contributed by atoms with van der Waals surface area (Å²) in [5, 5.41) is 0.559. The zero-order chi connectivity index (χ0) is 26.7. The van der Waals surface area contributed by atoms with Gasteiger partial charge in [0.05, 0.1) is 42.7 Å². The van der Waals surface area contributed by atoms with E-state index in [1.807, 2.05) is 0 Å². The third-order valence-corrected chi connectivity index (χ3v) is 7.32. The maximum atomic E-state index is 13.6. The van der Waals surface area contributed by atoms with Crippen LogP contribution in [0.1, 0.15) is 34.3 Å². The molecule has 202 valence electrons. The van der Waals surface area contributed by atoms with Crippen molar-refractivity contribution in [1.82, 2.24) is 14.8 Å².